The molecule has 0 bridgehead atoms. The summed E-state index contributed by atoms with van der Waals surface area (Å²) in [4.78, 5) is -0.366. The lowest BCUT2D eigenvalue weighted by molar-refractivity contribution is 0.463. The quantitative estimate of drug-likeness (QED) is 0.654. The third-order valence-corrected chi connectivity index (χ3v) is 2.68. The molecular weight excluding hydrogens is 200 g/mol. The molecule has 0 saturated heterocycles. The van der Waals surface area contributed by atoms with Crippen LogP contribution in [0.4, 0.5) is 0 Å². The maximum Gasteiger partial charge on any atom is 0.125 e. The lowest BCUT2D eigenvalue weighted by Crippen LogP contribution is -1.99. The molecule has 0 fully saturated rings. The van der Waals surface area contributed by atoms with Gasteiger partial charge in [-0.15, -0.1) is 0 Å². The Kier molecular flexibility index (Phi) is 2.41. The molecule has 0 atom stereocenters. The molecule has 12 heavy (non-hydrogen) atoms. The molecule has 0 unspecified atom stereocenters. The third-order valence-electron chi connectivity index (χ3n) is 1.36. The first-order chi connectivity index (χ1) is 5.41. The average molecular weight is 206 g/mol. The summed E-state index contributed by atoms with van der Waals surface area (Å²) in [5, 5.41) is -0.0231. The average Bonchev–Trinajstić information content (AvgIpc) is 1.83. The molecule has 1 aromatic carbocycles. The summed E-state index contributed by atoms with van der Waals surface area (Å²) in [6.45, 7) is 1.76. The largest absolute Gasteiger partial charge is 0.744 e. The van der Waals surface area contributed by atoms with E-state index in [4.69, 9.17) is 11.6 Å². The third kappa shape index (κ3) is 1.97. The molecule has 0 heterocycles. The van der Waals surface area contributed by atoms with Crippen LogP contribution in [0.25, 0.3) is 0 Å². The second-order valence-corrected chi connectivity index (χ2v) is 4.14. The van der Waals surface area contributed by atoms with E-state index in [2.05, 4.69) is 0 Å². The van der Waals surface area contributed by atoms with Crippen LogP contribution in [0.15, 0.2) is 23.1 Å². The highest BCUT2D eigenvalue weighted by molar-refractivity contribution is 7.85. The van der Waals surface area contributed by atoms with Crippen LogP contribution >= 0.6 is 11.6 Å². The molecule has 0 aliphatic rings. The van der Waals surface area contributed by atoms with Gasteiger partial charge < -0.3 is 4.55 Å². The van der Waals surface area contributed by atoms with E-state index in [-0.39, 0.29) is 9.92 Å². The lowest BCUT2D eigenvalue weighted by atomic mass is 10.2. The maximum absolute atomic E-state index is 10.5. The summed E-state index contributed by atoms with van der Waals surface area (Å²) < 4.78 is 31.6. The molecule has 0 saturated carbocycles. The van der Waals surface area contributed by atoms with Gasteiger partial charge in [-0.05, 0) is 24.6 Å². The summed E-state index contributed by atoms with van der Waals surface area (Å²) in [5.41, 5.74) is 0.812. The normalized spacial score (nSPS) is 11.6. The Morgan fingerprint density at radius 2 is 2.00 bits per heavy atom. The van der Waals surface area contributed by atoms with Crippen LogP contribution in [0.3, 0.4) is 0 Å². The van der Waals surface area contributed by atoms with Crippen LogP contribution < -0.4 is 0 Å². The van der Waals surface area contributed by atoms with Gasteiger partial charge in [-0.25, -0.2) is 8.42 Å². The van der Waals surface area contributed by atoms with E-state index in [0.29, 0.717) is 0 Å². The van der Waals surface area contributed by atoms with E-state index >= 15 is 0 Å². The zero-order chi connectivity index (χ0) is 9.35. The van der Waals surface area contributed by atoms with Gasteiger partial charge in [0.1, 0.15) is 10.1 Å². The molecule has 1 rings (SSSR count). The van der Waals surface area contributed by atoms with E-state index in [9.17, 15) is 13.0 Å². The zero-order valence-electron chi connectivity index (χ0n) is 6.24. The minimum atomic E-state index is -4.43. The van der Waals surface area contributed by atoms with E-state index < -0.39 is 10.1 Å². The second-order valence-electron chi connectivity index (χ2n) is 2.39. The van der Waals surface area contributed by atoms with Gasteiger partial charge in [0, 0.05) is 0 Å². The first kappa shape index (κ1) is 9.51. The fourth-order valence-electron chi connectivity index (χ4n) is 0.809. The molecule has 5 heteroatoms. The maximum atomic E-state index is 10.5. The van der Waals surface area contributed by atoms with Crippen molar-refractivity contribution in [2.24, 2.45) is 0 Å². The molecule has 66 valence electrons. The Labute approximate surface area is 75.7 Å². The number of benzene rings is 1. The van der Waals surface area contributed by atoms with E-state index in [1.165, 1.54) is 18.2 Å². The van der Waals surface area contributed by atoms with Gasteiger partial charge in [-0.2, -0.15) is 0 Å². The highest BCUT2D eigenvalue weighted by Gasteiger charge is 2.05. The second kappa shape index (κ2) is 3.05. The topological polar surface area (TPSA) is 57.2 Å². The van der Waals surface area contributed by atoms with Crippen LogP contribution in [0.1, 0.15) is 5.56 Å². The number of halogens is 1. The van der Waals surface area contributed by atoms with E-state index in [1.54, 1.807) is 6.92 Å². The predicted octanol–water partition coefficient (Wildman–Crippen LogP) is 1.55. The van der Waals surface area contributed by atoms with Crippen molar-refractivity contribution < 1.29 is 13.0 Å². The van der Waals surface area contributed by atoms with Crippen LogP contribution in [-0.4, -0.2) is 13.0 Å². The fraction of sp³-hybridized carbons (Fsp3) is 0.143. The minimum absolute atomic E-state index is 0.0231. The molecule has 3 nitrogen and oxygen atoms in total. The highest BCUT2D eigenvalue weighted by Crippen LogP contribution is 2.21. The van der Waals surface area contributed by atoms with Crippen molar-refractivity contribution >= 4 is 21.7 Å². The van der Waals surface area contributed by atoms with Gasteiger partial charge in [0.25, 0.3) is 0 Å². The number of hydrogen-bond acceptors (Lipinski definition) is 3. The Morgan fingerprint density at radius 3 is 2.42 bits per heavy atom. The van der Waals surface area contributed by atoms with Crippen LogP contribution in [0, 0.1) is 6.92 Å². The number of aryl methyl sites for hydroxylation is 1. The Morgan fingerprint density at radius 1 is 1.42 bits per heavy atom. The fourth-order valence-corrected chi connectivity index (χ4v) is 1.86. The Hall–Kier alpha value is -0.580. The van der Waals surface area contributed by atoms with Gasteiger partial charge in [0.2, 0.25) is 0 Å². The van der Waals surface area contributed by atoms with Crippen molar-refractivity contribution in [2.75, 3.05) is 0 Å². The summed E-state index contributed by atoms with van der Waals surface area (Å²) in [7, 11) is -4.43. The van der Waals surface area contributed by atoms with Crippen molar-refractivity contribution in [3.05, 3.63) is 28.8 Å². The summed E-state index contributed by atoms with van der Waals surface area (Å²) in [5.74, 6) is 0. The van der Waals surface area contributed by atoms with E-state index in [1.807, 2.05) is 0 Å². The smallest absolute Gasteiger partial charge is 0.125 e. The monoisotopic (exact) mass is 205 g/mol. The summed E-state index contributed by atoms with van der Waals surface area (Å²) >= 11 is 5.53. The van der Waals surface area contributed by atoms with Crippen LogP contribution in [0.2, 0.25) is 5.02 Å². The van der Waals surface area contributed by atoms with Gasteiger partial charge in [0.15, 0.2) is 0 Å². The minimum Gasteiger partial charge on any atom is -0.744 e. The van der Waals surface area contributed by atoms with E-state index in [0.717, 1.165) is 5.56 Å². The molecule has 0 amide bonds. The van der Waals surface area contributed by atoms with Crippen LogP contribution in [0.5, 0.6) is 0 Å². The first-order valence-corrected chi connectivity index (χ1v) is 4.92. The standard InChI is InChI=1S/C7H7ClO3S/c1-5-2-3-7(6(8)4-5)12(9,10)11/h2-4H,1H3,(H,9,10,11)/p-1. The highest BCUT2D eigenvalue weighted by atomic mass is 35.5. The predicted molar refractivity (Wildman–Crippen MR) is 44.2 cm³/mol. The van der Waals surface area contributed by atoms with Crippen LogP contribution in [-0.2, 0) is 10.1 Å². The molecule has 0 aliphatic carbocycles. The molecule has 0 radical (unpaired) electrons. The molecule has 0 aliphatic heterocycles. The first-order valence-electron chi connectivity index (χ1n) is 3.13. The van der Waals surface area contributed by atoms with Crippen molar-refractivity contribution in [3.8, 4) is 0 Å². The van der Waals surface area contributed by atoms with Gasteiger partial charge in [-0.1, -0.05) is 17.7 Å². The molecule has 0 aromatic heterocycles. The molecule has 0 spiro atoms. The van der Waals surface area contributed by atoms with Gasteiger partial charge in [0.05, 0.1) is 9.92 Å². The zero-order valence-corrected chi connectivity index (χ0v) is 7.82. The number of rotatable bonds is 1. The van der Waals surface area contributed by atoms with Crippen molar-refractivity contribution in [1.82, 2.24) is 0 Å². The van der Waals surface area contributed by atoms with Crippen molar-refractivity contribution in [1.29, 1.82) is 0 Å². The lowest BCUT2D eigenvalue weighted by Gasteiger charge is -2.08. The SMILES string of the molecule is Cc1ccc(S(=O)(=O)[O-])c(Cl)c1. The van der Waals surface area contributed by atoms with Gasteiger partial charge >= 0.3 is 0 Å². The number of hydrogen-bond donors (Lipinski definition) is 0. The summed E-state index contributed by atoms with van der Waals surface area (Å²) in [6.07, 6.45) is 0. The Bertz CT molecular complexity index is 397. The molecule has 1 aromatic rings. The summed E-state index contributed by atoms with van der Waals surface area (Å²) in [6, 6.07) is 4.17. The molecular formula is C7H6ClO3S-. The Balaban J connectivity index is 3.39. The van der Waals surface area contributed by atoms with Gasteiger partial charge in [-0.3, -0.25) is 0 Å². The van der Waals surface area contributed by atoms with Crippen molar-refractivity contribution in [2.45, 2.75) is 11.8 Å². The molecule has 0 N–H and O–H groups in total. The van der Waals surface area contributed by atoms with Crippen molar-refractivity contribution in [3.63, 3.8) is 0 Å².